The second-order valence-corrected chi connectivity index (χ2v) is 9.19. The van der Waals surface area contributed by atoms with E-state index < -0.39 is 0 Å². The summed E-state index contributed by atoms with van der Waals surface area (Å²) in [5.41, 5.74) is 2.06. The van der Waals surface area contributed by atoms with Crippen molar-refractivity contribution in [2.45, 2.75) is 45.6 Å². The lowest BCUT2D eigenvalue weighted by Crippen LogP contribution is -2.31. The molecule has 1 heterocycles. The monoisotopic (exact) mass is 425 g/mol. The molecule has 0 fully saturated rings. The van der Waals surface area contributed by atoms with Crippen LogP contribution in [-0.4, -0.2) is 35.2 Å². The fourth-order valence-corrected chi connectivity index (χ4v) is 4.19. The van der Waals surface area contributed by atoms with E-state index in [1.807, 2.05) is 76.2 Å². The third kappa shape index (κ3) is 4.87. The number of amides is 2. The molecular weight excluding hydrogens is 398 g/mol. The highest BCUT2D eigenvalue weighted by Crippen LogP contribution is 2.39. The van der Waals surface area contributed by atoms with Crippen LogP contribution in [0.1, 0.15) is 38.8 Å². The smallest absolute Gasteiger partial charge is 0.268 e. The number of nitrogens with zero attached hydrogens (tertiary/aromatic N) is 1. The number of methoxy groups -OCH3 is 1. The van der Waals surface area contributed by atoms with Crippen LogP contribution in [0.25, 0.3) is 5.57 Å². The molecule has 0 aliphatic carbocycles. The van der Waals surface area contributed by atoms with Crippen LogP contribution in [0.15, 0.2) is 53.4 Å². The Labute approximate surface area is 182 Å². The Morgan fingerprint density at radius 3 is 2.00 bits per heavy atom. The molecule has 0 atom stereocenters. The third-order valence-electron chi connectivity index (χ3n) is 4.49. The van der Waals surface area contributed by atoms with Gasteiger partial charge in [0.05, 0.1) is 30.2 Å². The van der Waals surface area contributed by atoms with E-state index in [0.29, 0.717) is 10.5 Å². The topological polar surface area (TPSA) is 55.8 Å². The van der Waals surface area contributed by atoms with E-state index >= 15 is 0 Å². The lowest BCUT2D eigenvalue weighted by atomic mass is 10.1. The first-order valence-corrected chi connectivity index (χ1v) is 10.8. The molecule has 3 rings (SSSR count). The molecule has 0 bridgehead atoms. The second-order valence-electron chi connectivity index (χ2n) is 7.61. The summed E-state index contributed by atoms with van der Waals surface area (Å²) in [4.78, 5) is 28.2. The summed E-state index contributed by atoms with van der Waals surface area (Å²) in [7, 11) is 1.60. The Morgan fingerprint density at radius 1 is 0.867 bits per heavy atom. The van der Waals surface area contributed by atoms with Crippen molar-refractivity contribution in [3.8, 4) is 11.5 Å². The van der Waals surface area contributed by atoms with Crippen LogP contribution >= 0.6 is 11.8 Å². The molecule has 5 nitrogen and oxygen atoms in total. The molecule has 0 saturated carbocycles. The van der Waals surface area contributed by atoms with Gasteiger partial charge >= 0.3 is 0 Å². The highest BCUT2D eigenvalue weighted by Gasteiger charge is 2.39. The molecule has 0 N–H and O–H groups in total. The van der Waals surface area contributed by atoms with E-state index in [-0.39, 0.29) is 29.7 Å². The van der Waals surface area contributed by atoms with Gasteiger partial charge in [-0.15, -0.1) is 11.8 Å². The first-order valence-electron chi connectivity index (χ1n) is 9.97. The van der Waals surface area contributed by atoms with Gasteiger partial charge in [0.2, 0.25) is 0 Å². The number of hydrogen-bond donors (Lipinski definition) is 0. The predicted molar refractivity (Wildman–Crippen MR) is 120 cm³/mol. The zero-order valence-electron chi connectivity index (χ0n) is 18.0. The Morgan fingerprint density at radius 2 is 1.47 bits per heavy atom. The molecule has 6 heteroatoms. The number of hydrogen-bond acceptors (Lipinski definition) is 5. The van der Waals surface area contributed by atoms with Crippen molar-refractivity contribution in [3.05, 3.63) is 64.6 Å². The molecule has 0 radical (unpaired) electrons. The van der Waals surface area contributed by atoms with Crippen LogP contribution in [0.2, 0.25) is 0 Å². The van der Waals surface area contributed by atoms with Gasteiger partial charge in [0.25, 0.3) is 11.8 Å². The molecule has 2 aromatic rings. The maximum Gasteiger partial charge on any atom is 0.268 e. The number of rotatable bonds is 8. The number of thioether (sulfide) groups is 1. The number of carbonyl (C=O) groups excluding carboxylic acids is 2. The minimum absolute atomic E-state index is 0.0665. The van der Waals surface area contributed by atoms with Gasteiger partial charge in [-0.3, -0.25) is 14.5 Å². The van der Waals surface area contributed by atoms with Gasteiger partial charge in [-0.2, -0.15) is 0 Å². The van der Waals surface area contributed by atoms with E-state index in [1.165, 1.54) is 16.7 Å². The van der Waals surface area contributed by atoms with E-state index in [9.17, 15) is 9.59 Å². The van der Waals surface area contributed by atoms with E-state index in [4.69, 9.17) is 9.47 Å². The fourth-order valence-electron chi connectivity index (χ4n) is 3.18. The maximum absolute atomic E-state index is 13.3. The van der Waals surface area contributed by atoms with E-state index in [1.54, 1.807) is 7.11 Å². The average molecular weight is 426 g/mol. The van der Waals surface area contributed by atoms with Crippen molar-refractivity contribution < 1.29 is 19.1 Å². The van der Waals surface area contributed by atoms with Gasteiger partial charge in [0, 0.05) is 5.25 Å². The Bertz CT molecular complexity index is 946. The molecular formula is C24H27NO4S. The molecule has 158 valence electrons. The van der Waals surface area contributed by atoms with Gasteiger partial charge in [-0.05, 0) is 49.2 Å². The normalized spacial score (nSPS) is 14.3. The maximum atomic E-state index is 13.3. The van der Waals surface area contributed by atoms with E-state index in [2.05, 4.69) is 0 Å². The number of imide groups is 1. The third-order valence-corrected chi connectivity index (χ3v) is 5.58. The molecule has 0 saturated heterocycles. The number of benzene rings is 2. The van der Waals surface area contributed by atoms with Crippen molar-refractivity contribution in [1.29, 1.82) is 0 Å². The summed E-state index contributed by atoms with van der Waals surface area (Å²) >= 11 is 1.43. The minimum Gasteiger partial charge on any atom is -0.497 e. The summed E-state index contributed by atoms with van der Waals surface area (Å²) < 4.78 is 10.9. The highest BCUT2D eigenvalue weighted by atomic mass is 32.2. The average Bonchev–Trinajstić information content (AvgIpc) is 2.93. The van der Waals surface area contributed by atoms with Gasteiger partial charge in [0.15, 0.2) is 0 Å². The van der Waals surface area contributed by atoms with Crippen LogP contribution < -0.4 is 9.47 Å². The number of ether oxygens (including phenoxy) is 2. The summed E-state index contributed by atoms with van der Waals surface area (Å²) in [5.74, 6) is 0.958. The van der Waals surface area contributed by atoms with Crippen molar-refractivity contribution >= 4 is 29.1 Å². The molecule has 1 aliphatic rings. The standard InChI is InChI=1S/C24H27NO4S/c1-15(2)29-20-12-8-18(9-13-20)21-22(30-16(3)4)24(27)25(23(21)26)14-17-6-10-19(28-5)11-7-17/h6-13,15-16H,14H2,1-5H3. The van der Waals surface area contributed by atoms with Gasteiger partial charge in [0.1, 0.15) is 11.5 Å². The Kier molecular flexibility index (Phi) is 6.87. The van der Waals surface area contributed by atoms with Crippen LogP contribution in [0.5, 0.6) is 11.5 Å². The number of carbonyl (C=O) groups is 2. The predicted octanol–water partition coefficient (Wildman–Crippen LogP) is 4.90. The zero-order chi connectivity index (χ0) is 21.8. The summed E-state index contributed by atoms with van der Waals surface area (Å²) in [6, 6.07) is 14.7. The molecule has 2 amide bonds. The summed E-state index contributed by atoms with van der Waals surface area (Å²) in [5, 5.41) is 0.177. The molecule has 0 spiro atoms. The molecule has 30 heavy (non-hydrogen) atoms. The fraction of sp³-hybridized carbons (Fsp3) is 0.333. The van der Waals surface area contributed by atoms with Crippen molar-refractivity contribution in [2.75, 3.05) is 7.11 Å². The van der Waals surface area contributed by atoms with Gasteiger partial charge < -0.3 is 9.47 Å². The van der Waals surface area contributed by atoms with Gasteiger partial charge in [-0.1, -0.05) is 38.1 Å². The van der Waals surface area contributed by atoms with Crippen LogP contribution in [0.3, 0.4) is 0 Å². The van der Waals surface area contributed by atoms with E-state index in [0.717, 1.165) is 22.6 Å². The SMILES string of the molecule is COc1ccc(CN2C(=O)C(SC(C)C)=C(c3ccc(OC(C)C)cc3)C2=O)cc1. The van der Waals surface area contributed by atoms with Crippen LogP contribution in [-0.2, 0) is 16.1 Å². The first-order chi connectivity index (χ1) is 14.3. The quantitative estimate of drug-likeness (QED) is 0.563. The molecule has 0 aromatic heterocycles. The lowest BCUT2D eigenvalue weighted by molar-refractivity contribution is -0.137. The first kappa shape index (κ1) is 22.0. The molecule has 2 aromatic carbocycles. The highest BCUT2D eigenvalue weighted by molar-refractivity contribution is 8.04. The largest absolute Gasteiger partial charge is 0.497 e. The Hall–Kier alpha value is -2.73. The zero-order valence-corrected chi connectivity index (χ0v) is 18.8. The Balaban J connectivity index is 1.91. The second kappa shape index (κ2) is 9.39. The summed E-state index contributed by atoms with van der Waals surface area (Å²) in [6.45, 7) is 8.17. The minimum atomic E-state index is -0.267. The van der Waals surface area contributed by atoms with Crippen LogP contribution in [0.4, 0.5) is 0 Å². The van der Waals surface area contributed by atoms with Crippen LogP contribution in [0, 0.1) is 0 Å². The van der Waals surface area contributed by atoms with Crippen molar-refractivity contribution in [3.63, 3.8) is 0 Å². The summed E-state index contributed by atoms with van der Waals surface area (Å²) in [6.07, 6.45) is 0.0665. The van der Waals surface area contributed by atoms with Gasteiger partial charge in [-0.25, -0.2) is 0 Å². The van der Waals surface area contributed by atoms with Crippen molar-refractivity contribution in [2.24, 2.45) is 0 Å². The molecule has 1 aliphatic heterocycles. The molecule has 0 unspecified atom stereocenters. The lowest BCUT2D eigenvalue weighted by Gasteiger charge is -2.16. The van der Waals surface area contributed by atoms with Crippen molar-refractivity contribution in [1.82, 2.24) is 4.90 Å².